The Labute approximate surface area is 116 Å². The lowest BCUT2D eigenvalue weighted by atomic mass is 9.79. The van der Waals surface area contributed by atoms with E-state index in [4.69, 9.17) is 4.74 Å². The van der Waals surface area contributed by atoms with Gasteiger partial charge in [0.15, 0.2) is 0 Å². The number of ether oxygens (including phenoxy) is 1. The monoisotopic (exact) mass is 263 g/mol. The minimum Gasteiger partial charge on any atom is -0.376 e. The Kier molecular flexibility index (Phi) is 3.79. The maximum absolute atomic E-state index is 9.63. The quantitative estimate of drug-likeness (QED) is 0.841. The first kappa shape index (κ1) is 13.4. The van der Waals surface area contributed by atoms with Gasteiger partial charge in [-0.05, 0) is 45.4 Å². The van der Waals surface area contributed by atoms with Gasteiger partial charge in [0.25, 0.3) is 0 Å². The van der Waals surface area contributed by atoms with Crippen LogP contribution in [0.1, 0.15) is 45.4 Å². The van der Waals surface area contributed by atoms with Gasteiger partial charge in [-0.15, -0.1) is 0 Å². The van der Waals surface area contributed by atoms with E-state index < -0.39 is 0 Å². The van der Waals surface area contributed by atoms with Crippen LogP contribution >= 0.6 is 0 Å². The normalized spacial score (nSPS) is 40.8. The molecule has 3 fully saturated rings. The molecule has 1 heterocycles. The molecule has 1 saturated heterocycles. The van der Waals surface area contributed by atoms with E-state index in [1.165, 1.54) is 25.7 Å². The van der Waals surface area contributed by atoms with Crippen molar-refractivity contribution in [3.05, 3.63) is 0 Å². The number of rotatable bonds is 3. The molecule has 4 nitrogen and oxygen atoms in total. The van der Waals surface area contributed by atoms with E-state index in [2.05, 4.69) is 23.2 Å². The first-order valence-corrected chi connectivity index (χ1v) is 7.75. The molecule has 0 aromatic rings. The molecule has 3 atom stereocenters. The van der Waals surface area contributed by atoms with Crippen molar-refractivity contribution in [1.29, 1.82) is 5.26 Å². The molecule has 3 unspecified atom stereocenters. The SMILES string of the molecule is CC1CN(C2CCCC(C#N)(NC3CC3)C2)CCO1. The number of nitrogens with zero attached hydrogens (tertiary/aromatic N) is 2. The fraction of sp³-hybridized carbons (Fsp3) is 0.933. The lowest BCUT2D eigenvalue weighted by molar-refractivity contribution is -0.0436. The van der Waals surface area contributed by atoms with E-state index >= 15 is 0 Å². The van der Waals surface area contributed by atoms with Crippen molar-refractivity contribution in [2.45, 2.75) is 69.2 Å². The van der Waals surface area contributed by atoms with Crippen LogP contribution in [0.15, 0.2) is 0 Å². The van der Waals surface area contributed by atoms with Gasteiger partial charge in [0, 0.05) is 25.2 Å². The molecule has 106 valence electrons. The van der Waals surface area contributed by atoms with E-state index in [1.54, 1.807) is 0 Å². The summed E-state index contributed by atoms with van der Waals surface area (Å²) in [7, 11) is 0. The van der Waals surface area contributed by atoms with E-state index in [-0.39, 0.29) is 5.54 Å². The number of nitriles is 1. The lowest BCUT2D eigenvalue weighted by Crippen LogP contribution is -2.56. The Bertz CT molecular complexity index is 363. The van der Waals surface area contributed by atoms with Crippen LogP contribution in [0.5, 0.6) is 0 Å². The fourth-order valence-corrected chi connectivity index (χ4v) is 3.62. The number of nitrogens with one attached hydrogen (secondary N) is 1. The van der Waals surface area contributed by atoms with Crippen molar-refractivity contribution < 1.29 is 4.74 Å². The topological polar surface area (TPSA) is 48.3 Å². The molecule has 0 bridgehead atoms. The third-order valence-electron chi connectivity index (χ3n) is 4.79. The molecule has 0 radical (unpaired) electrons. The predicted octanol–water partition coefficient (Wildman–Crippen LogP) is 1.66. The first-order valence-electron chi connectivity index (χ1n) is 7.75. The van der Waals surface area contributed by atoms with Crippen molar-refractivity contribution in [2.24, 2.45) is 0 Å². The zero-order chi connectivity index (χ0) is 13.3. The fourth-order valence-electron chi connectivity index (χ4n) is 3.62. The summed E-state index contributed by atoms with van der Waals surface area (Å²) in [6.07, 6.45) is 7.27. The van der Waals surface area contributed by atoms with Crippen LogP contribution in [0, 0.1) is 11.3 Å². The van der Waals surface area contributed by atoms with E-state index in [0.717, 1.165) is 32.5 Å². The van der Waals surface area contributed by atoms with Gasteiger partial charge in [-0.3, -0.25) is 10.2 Å². The molecule has 4 heteroatoms. The zero-order valence-corrected chi connectivity index (χ0v) is 11.9. The maximum Gasteiger partial charge on any atom is 0.108 e. The Balaban J connectivity index is 1.64. The standard InChI is InChI=1S/C15H25N3O/c1-12-10-18(7-8-19-12)14-3-2-6-15(9-14,11-16)17-13-4-5-13/h12-14,17H,2-10H2,1H3. The van der Waals surface area contributed by atoms with E-state index in [9.17, 15) is 5.26 Å². The maximum atomic E-state index is 9.63. The van der Waals surface area contributed by atoms with Gasteiger partial charge in [0.2, 0.25) is 0 Å². The molecule has 0 amide bonds. The molecule has 0 aromatic heterocycles. The van der Waals surface area contributed by atoms with Crippen LogP contribution in [-0.2, 0) is 4.74 Å². The van der Waals surface area contributed by atoms with Gasteiger partial charge in [0.05, 0.1) is 18.8 Å². The van der Waals surface area contributed by atoms with Crippen LogP contribution in [0.4, 0.5) is 0 Å². The second-order valence-corrected chi connectivity index (χ2v) is 6.54. The average molecular weight is 263 g/mol. The smallest absolute Gasteiger partial charge is 0.108 e. The first-order chi connectivity index (χ1) is 9.21. The lowest BCUT2D eigenvalue weighted by Gasteiger charge is -2.44. The van der Waals surface area contributed by atoms with Crippen LogP contribution in [-0.4, -0.2) is 48.3 Å². The highest BCUT2D eigenvalue weighted by Crippen LogP contribution is 2.34. The third-order valence-corrected chi connectivity index (χ3v) is 4.79. The predicted molar refractivity (Wildman–Crippen MR) is 73.7 cm³/mol. The summed E-state index contributed by atoms with van der Waals surface area (Å²) in [6, 6.07) is 3.77. The highest BCUT2D eigenvalue weighted by molar-refractivity contribution is 5.13. The third kappa shape index (κ3) is 3.10. The molecular weight excluding hydrogens is 238 g/mol. The Morgan fingerprint density at radius 1 is 1.37 bits per heavy atom. The molecule has 2 saturated carbocycles. The Hall–Kier alpha value is -0.630. The van der Waals surface area contributed by atoms with Crippen LogP contribution in [0.2, 0.25) is 0 Å². The summed E-state index contributed by atoms with van der Waals surface area (Å²) in [5, 5.41) is 13.2. The summed E-state index contributed by atoms with van der Waals surface area (Å²) < 4.78 is 5.63. The summed E-state index contributed by atoms with van der Waals surface area (Å²) >= 11 is 0. The highest BCUT2D eigenvalue weighted by atomic mass is 16.5. The minimum atomic E-state index is -0.258. The second-order valence-electron chi connectivity index (χ2n) is 6.54. The zero-order valence-electron chi connectivity index (χ0n) is 11.9. The second kappa shape index (κ2) is 5.40. The van der Waals surface area contributed by atoms with Gasteiger partial charge in [0.1, 0.15) is 5.54 Å². The van der Waals surface area contributed by atoms with Crippen LogP contribution in [0.3, 0.4) is 0 Å². The van der Waals surface area contributed by atoms with E-state index in [0.29, 0.717) is 18.2 Å². The molecule has 0 aromatic carbocycles. The van der Waals surface area contributed by atoms with Gasteiger partial charge >= 0.3 is 0 Å². The molecule has 2 aliphatic carbocycles. The molecular formula is C15H25N3O. The van der Waals surface area contributed by atoms with Crippen molar-refractivity contribution in [3.63, 3.8) is 0 Å². The summed E-state index contributed by atoms with van der Waals surface area (Å²) in [5.41, 5.74) is -0.258. The summed E-state index contributed by atoms with van der Waals surface area (Å²) in [6.45, 7) is 5.04. The highest BCUT2D eigenvalue weighted by Gasteiger charge is 2.42. The summed E-state index contributed by atoms with van der Waals surface area (Å²) in [5.74, 6) is 0. The summed E-state index contributed by atoms with van der Waals surface area (Å²) in [4.78, 5) is 2.55. The van der Waals surface area contributed by atoms with Gasteiger partial charge in [-0.2, -0.15) is 5.26 Å². The van der Waals surface area contributed by atoms with Gasteiger partial charge in [-0.25, -0.2) is 0 Å². The van der Waals surface area contributed by atoms with Crippen LogP contribution < -0.4 is 5.32 Å². The van der Waals surface area contributed by atoms with E-state index in [1.807, 2.05) is 0 Å². The van der Waals surface area contributed by atoms with Crippen molar-refractivity contribution >= 4 is 0 Å². The molecule has 3 aliphatic rings. The van der Waals surface area contributed by atoms with Crippen LogP contribution in [0.25, 0.3) is 0 Å². The van der Waals surface area contributed by atoms with Gasteiger partial charge < -0.3 is 4.74 Å². The number of hydrogen-bond donors (Lipinski definition) is 1. The average Bonchev–Trinajstić information content (AvgIpc) is 3.23. The van der Waals surface area contributed by atoms with Gasteiger partial charge in [-0.1, -0.05) is 0 Å². The molecule has 1 N–H and O–H groups in total. The number of hydrogen-bond acceptors (Lipinski definition) is 4. The van der Waals surface area contributed by atoms with Crippen molar-refractivity contribution in [3.8, 4) is 6.07 Å². The Morgan fingerprint density at radius 3 is 2.89 bits per heavy atom. The number of morpholine rings is 1. The largest absolute Gasteiger partial charge is 0.376 e. The van der Waals surface area contributed by atoms with Crippen molar-refractivity contribution in [1.82, 2.24) is 10.2 Å². The molecule has 0 spiro atoms. The minimum absolute atomic E-state index is 0.258. The molecule has 1 aliphatic heterocycles. The molecule has 3 rings (SSSR count). The van der Waals surface area contributed by atoms with Crippen molar-refractivity contribution in [2.75, 3.05) is 19.7 Å². The molecule has 19 heavy (non-hydrogen) atoms. The Morgan fingerprint density at radius 2 is 2.21 bits per heavy atom.